The van der Waals surface area contributed by atoms with Crippen LogP contribution in [0.1, 0.15) is 10.4 Å². The molecule has 1 fully saturated rings. The molecule has 2 heterocycles. The van der Waals surface area contributed by atoms with Crippen molar-refractivity contribution in [2.45, 2.75) is 0 Å². The minimum atomic E-state index is -1.45. The van der Waals surface area contributed by atoms with Gasteiger partial charge in [0.25, 0.3) is 0 Å². The summed E-state index contributed by atoms with van der Waals surface area (Å²) in [6.07, 6.45) is 1.05. The summed E-state index contributed by atoms with van der Waals surface area (Å²) in [5.74, 6) is -3.20. The quantitative estimate of drug-likeness (QED) is 0.817. The maximum atomic E-state index is 15.2. The highest BCUT2D eigenvalue weighted by Crippen LogP contribution is 2.30. The highest BCUT2D eigenvalue weighted by molar-refractivity contribution is 5.94. The van der Waals surface area contributed by atoms with Crippen molar-refractivity contribution >= 4 is 35.0 Å². The number of benzene rings is 1. The van der Waals surface area contributed by atoms with Crippen LogP contribution in [-0.2, 0) is 0 Å². The number of carbonyl (C=O) groups is 1. The molecule has 0 spiro atoms. The average molecular weight is 389 g/mol. The zero-order chi connectivity index (χ0) is 18.3. The van der Waals surface area contributed by atoms with Crippen LogP contribution in [0, 0.1) is 11.6 Å². The normalized spacial score (nSPS) is 14.2. The number of rotatable bonds is 3. The third kappa shape index (κ3) is 3.19. The van der Waals surface area contributed by atoms with Crippen molar-refractivity contribution < 1.29 is 18.7 Å². The van der Waals surface area contributed by atoms with Crippen molar-refractivity contribution in [2.24, 2.45) is 0 Å². The molecule has 1 aromatic heterocycles. The van der Waals surface area contributed by atoms with E-state index in [0.29, 0.717) is 26.2 Å². The molecule has 1 aromatic carbocycles. The van der Waals surface area contributed by atoms with E-state index in [2.05, 4.69) is 5.32 Å². The van der Waals surface area contributed by atoms with E-state index >= 15 is 4.39 Å². The molecule has 1 saturated heterocycles. The predicted octanol–water partition coefficient (Wildman–Crippen LogP) is 1.01. The van der Waals surface area contributed by atoms with Crippen LogP contribution in [0.15, 0.2) is 17.1 Å². The molecule has 0 amide bonds. The van der Waals surface area contributed by atoms with E-state index in [1.165, 1.54) is 9.69 Å². The minimum absolute atomic E-state index is 0. The summed E-state index contributed by atoms with van der Waals surface area (Å²) in [6.45, 7) is 2.04. The van der Waals surface area contributed by atoms with Crippen LogP contribution in [0.25, 0.3) is 10.9 Å². The second-order valence-corrected chi connectivity index (χ2v) is 6.02. The summed E-state index contributed by atoms with van der Waals surface area (Å²) in [5.41, 5.74) is -1.80. The fourth-order valence-electron chi connectivity index (χ4n) is 3.03. The summed E-state index contributed by atoms with van der Waals surface area (Å²) in [5, 5.41) is 13.4. The summed E-state index contributed by atoms with van der Waals surface area (Å²) in [4.78, 5) is 25.2. The van der Waals surface area contributed by atoms with Gasteiger partial charge in [0, 0.05) is 46.5 Å². The molecule has 7 nitrogen and oxygen atoms in total. The molecule has 3 rings (SSSR count). The average Bonchev–Trinajstić information content (AvgIpc) is 2.56. The number of carboxylic acids is 1. The summed E-state index contributed by atoms with van der Waals surface area (Å²) < 4.78 is 31.0. The second kappa shape index (κ2) is 7.46. The van der Waals surface area contributed by atoms with Crippen molar-refractivity contribution in [1.82, 2.24) is 9.99 Å². The van der Waals surface area contributed by atoms with Gasteiger partial charge in [0.1, 0.15) is 22.6 Å². The molecule has 0 radical (unpaired) electrons. The van der Waals surface area contributed by atoms with E-state index in [9.17, 15) is 19.1 Å². The zero-order valence-electron chi connectivity index (χ0n) is 14.3. The predicted molar refractivity (Wildman–Crippen MR) is 97.5 cm³/mol. The topological polar surface area (TPSA) is 77.8 Å². The van der Waals surface area contributed by atoms with Crippen LogP contribution in [0.2, 0.25) is 0 Å². The summed E-state index contributed by atoms with van der Waals surface area (Å²) >= 11 is 0. The molecule has 1 aliphatic heterocycles. The van der Waals surface area contributed by atoms with E-state index in [1.807, 2.05) is 0 Å². The fraction of sp³-hybridized carbons (Fsp3) is 0.375. The van der Waals surface area contributed by atoms with Crippen LogP contribution < -0.4 is 20.7 Å². The number of anilines is 1. The first-order valence-corrected chi connectivity index (χ1v) is 7.77. The molecule has 26 heavy (non-hydrogen) atoms. The smallest absolute Gasteiger partial charge is 0.341 e. The molecule has 0 saturated carbocycles. The standard InChI is InChI=1S/C16H18F2N4O3.ClH/c1-20(2)22-8-10(16(24)25)15(23)9-7-11(17)14(12(18)13(9)22)21-5-3-19-4-6-21;/h7-8,19H,3-6H2,1-2H3,(H,24,25);1H. The first-order chi connectivity index (χ1) is 11.8. The van der Waals surface area contributed by atoms with Crippen molar-refractivity contribution in [3.63, 3.8) is 0 Å². The van der Waals surface area contributed by atoms with E-state index in [4.69, 9.17) is 0 Å². The third-order valence-electron chi connectivity index (χ3n) is 4.23. The number of halogens is 3. The number of aromatic nitrogens is 1. The Hall–Kier alpha value is -2.39. The van der Waals surface area contributed by atoms with E-state index < -0.39 is 28.6 Å². The van der Waals surface area contributed by atoms with Crippen molar-refractivity contribution in [2.75, 3.05) is 50.2 Å². The molecule has 0 aliphatic carbocycles. The number of hydrogen-bond acceptors (Lipinski definition) is 5. The Bertz CT molecular complexity index is 911. The van der Waals surface area contributed by atoms with Crippen molar-refractivity contribution in [3.05, 3.63) is 39.7 Å². The SMILES string of the molecule is CN(C)n1cc(C(=O)O)c(=O)c2cc(F)c(N3CCNCC3)c(F)c21.Cl. The first-order valence-electron chi connectivity index (χ1n) is 7.77. The van der Waals surface area contributed by atoms with Crippen LogP contribution in [-0.4, -0.2) is 56.0 Å². The van der Waals surface area contributed by atoms with Gasteiger partial charge in [-0.3, -0.25) is 9.47 Å². The molecule has 1 aliphatic rings. The number of carboxylic acid groups (broad SMARTS) is 1. The van der Waals surface area contributed by atoms with Gasteiger partial charge in [-0.2, -0.15) is 0 Å². The lowest BCUT2D eigenvalue weighted by molar-refractivity contribution is 0.0695. The zero-order valence-corrected chi connectivity index (χ0v) is 15.1. The minimum Gasteiger partial charge on any atom is -0.477 e. The van der Waals surface area contributed by atoms with Crippen molar-refractivity contribution in [1.29, 1.82) is 0 Å². The number of hydrogen-bond donors (Lipinski definition) is 2. The summed E-state index contributed by atoms with van der Waals surface area (Å²) in [6, 6.07) is 0.921. The lowest BCUT2D eigenvalue weighted by Crippen LogP contribution is -2.44. The van der Waals surface area contributed by atoms with Gasteiger partial charge >= 0.3 is 5.97 Å². The Labute approximate surface area is 154 Å². The van der Waals surface area contributed by atoms with E-state index in [0.717, 1.165) is 12.3 Å². The highest BCUT2D eigenvalue weighted by Gasteiger charge is 2.26. The van der Waals surface area contributed by atoms with Gasteiger partial charge in [0.2, 0.25) is 5.43 Å². The number of nitrogens with one attached hydrogen (secondary N) is 1. The van der Waals surface area contributed by atoms with Gasteiger partial charge in [-0.1, -0.05) is 0 Å². The molecular weight excluding hydrogens is 370 g/mol. The maximum absolute atomic E-state index is 15.2. The Morgan fingerprint density at radius 2 is 1.88 bits per heavy atom. The largest absolute Gasteiger partial charge is 0.477 e. The van der Waals surface area contributed by atoms with E-state index in [1.54, 1.807) is 19.0 Å². The van der Waals surface area contributed by atoms with Crippen LogP contribution in [0.5, 0.6) is 0 Å². The van der Waals surface area contributed by atoms with Gasteiger partial charge < -0.3 is 20.3 Å². The van der Waals surface area contributed by atoms with Gasteiger partial charge in [-0.25, -0.2) is 13.6 Å². The molecule has 142 valence electrons. The monoisotopic (exact) mass is 388 g/mol. The third-order valence-corrected chi connectivity index (χ3v) is 4.23. The highest BCUT2D eigenvalue weighted by atomic mass is 35.5. The number of fused-ring (bicyclic) bond motifs is 1. The molecule has 0 bridgehead atoms. The molecule has 2 N–H and O–H groups in total. The van der Waals surface area contributed by atoms with Crippen LogP contribution in [0.4, 0.5) is 14.5 Å². The maximum Gasteiger partial charge on any atom is 0.341 e. The summed E-state index contributed by atoms with van der Waals surface area (Å²) in [7, 11) is 3.14. The molecule has 0 atom stereocenters. The first kappa shape index (κ1) is 19.9. The Morgan fingerprint density at radius 1 is 1.27 bits per heavy atom. The Balaban J connectivity index is 0.00000243. The lowest BCUT2D eigenvalue weighted by Gasteiger charge is -2.31. The Kier molecular flexibility index (Phi) is 5.72. The molecule has 2 aromatic rings. The fourth-order valence-corrected chi connectivity index (χ4v) is 3.03. The van der Waals surface area contributed by atoms with Crippen LogP contribution in [0.3, 0.4) is 0 Å². The van der Waals surface area contributed by atoms with Crippen LogP contribution >= 0.6 is 12.4 Å². The van der Waals surface area contributed by atoms with E-state index in [-0.39, 0.29) is 29.0 Å². The second-order valence-electron chi connectivity index (χ2n) is 6.02. The van der Waals surface area contributed by atoms with Gasteiger partial charge in [0.05, 0.1) is 5.39 Å². The Morgan fingerprint density at radius 3 is 2.42 bits per heavy atom. The van der Waals surface area contributed by atoms with Crippen molar-refractivity contribution in [3.8, 4) is 0 Å². The van der Waals surface area contributed by atoms with Gasteiger partial charge in [0.15, 0.2) is 5.82 Å². The number of aromatic carboxylic acids is 1. The van der Waals surface area contributed by atoms with Gasteiger partial charge in [-0.15, -0.1) is 12.4 Å². The number of pyridine rings is 1. The molecule has 10 heteroatoms. The molecular formula is C16H19ClF2N4O3. The molecule has 0 unspecified atom stereocenters. The lowest BCUT2D eigenvalue weighted by atomic mass is 10.1. The van der Waals surface area contributed by atoms with Gasteiger partial charge in [-0.05, 0) is 6.07 Å². The number of nitrogens with zero attached hydrogens (tertiary/aromatic N) is 3. The number of piperazine rings is 1.